The fourth-order valence-corrected chi connectivity index (χ4v) is 3.15. The lowest BCUT2D eigenvalue weighted by Crippen LogP contribution is -2.21. The topological polar surface area (TPSA) is 84.6 Å². The Morgan fingerprint density at radius 3 is 2.00 bits per heavy atom. The molecule has 1 aliphatic carbocycles. The van der Waals surface area contributed by atoms with Crippen LogP contribution in [0.25, 0.3) is 0 Å². The lowest BCUT2D eigenvalue weighted by atomic mass is 10.00. The van der Waals surface area contributed by atoms with E-state index in [1.165, 1.54) is 57.1 Å². The zero-order chi connectivity index (χ0) is 17.9. The SMILES string of the molecule is O=C(NN=C1CCCCCCCCCCC1)c1ccccc1[N+](=O)[O-]. The Morgan fingerprint density at radius 1 is 0.920 bits per heavy atom. The Bertz CT molecular complexity index is 600. The van der Waals surface area contributed by atoms with E-state index in [1.807, 2.05) is 0 Å². The number of hydrogen-bond acceptors (Lipinski definition) is 4. The summed E-state index contributed by atoms with van der Waals surface area (Å²) in [6, 6.07) is 5.95. The maximum Gasteiger partial charge on any atom is 0.282 e. The van der Waals surface area contributed by atoms with Crippen molar-refractivity contribution < 1.29 is 9.72 Å². The summed E-state index contributed by atoms with van der Waals surface area (Å²) in [6.07, 6.45) is 12.8. The summed E-state index contributed by atoms with van der Waals surface area (Å²) in [5.41, 5.74) is 3.36. The van der Waals surface area contributed by atoms with E-state index in [0.29, 0.717) is 0 Å². The number of para-hydroxylation sites is 1. The van der Waals surface area contributed by atoms with Gasteiger partial charge in [0.05, 0.1) is 4.92 Å². The molecular formula is C19H27N3O3. The van der Waals surface area contributed by atoms with Gasteiger partial charge in [-0.1, -0.05) is 57.1 Å². The van der Waals surface area contributed by atoms with Gasteiger partial charge >= 0.3 is 0 Å². The number of nitrogens with zero attached hydrogens (tertiary/aromatic N) is 2. The number of benzene rings is 1. The molecule has 6 heteroatoms. The third-order valence-corrected chi connectivity index (χ3v) is 4.59. The minimum Gasteiger partial charge on any atom is -0.267 e. The Morgan fingerprint density at radius 2 is 1.44 bits per heavy atom. The molecule has 1 N–H and O–H groups in total. The summed E-state index contributed by atoms with van der Waals surface area (Å²) in [6.45, 7) is 0. The summed E-state index contributed by atoms with van der Waals surface area (Å²) in [7, 11) is 0. The molecular weight excluding hydrogens is 318 g/mol. The van der Waals surface area contributed by atoms with E-state index >= 15 is 0 Å². The van der Waals surface area contributed by atoms with Gasteiger partial charge in [0.15, 0.2) is 0 Å². The first-order valence-electron chi connectivity index (χ1n) is 9.27. The largest absolute Gasteiger partial charge is 0.282 e. The molecule has 0 atom stereocenters. The highest BCUT2D eigenvalue weighted by atomic mass is 16.6. The zero-order valence-corrected chi connectivity index (χ0v) is 14.7. The predicted octanol–water partition coefficient (Wildman–Crippen LogP) is 4.99. The average molecular weight is 345 g/mol. The highest BCUT2D eigenvalue weighted by molar-refractivity contribution is 5.98. The van der Waals surface area contributed by atoms with Crippen LogP contribution in [0, 0.1) is 10.1 Å². The molecule has 0 radical (unpaired) electrons. The molecule has 0 aliphatic heterocycles. The molecule has 1 aromatic carbocycles. The van der Waals surface area contributed by atoms with E-state index in [9.17, 15) is 14.9 Å². The minimum absolute atomic E-state index is 0.0463. The second-order valence-electron chi connectivity index (χ2n) is 6.58. The number of hydrazone groups is 1. The summed E-state index contributed by atoms with van der Waals surface area (Å²) >= 11 is 0. The molecule has 0 bridgehead atoms. The first kappa shape index (κ1) is 19.1. The van der Waals surface area contributed by atoms with Gasteiger partial charge in [-0.25, -0.2) is 5.43 Å². The van der Waals surface area contributed by atoms with E-state index in [0.717, 1.165) is 31.4 Å². The Balaban J connectivity index is 1.99. The first-order chi connectivity index (χ1) is 12.2. The lowest BCUT2D eigenvalue weighted by Gasteiger charge is -2.10. The maximum atomic E-state index is 12.3. The molecule has 1 fully saturated rings. The molecule has 0 aromatic heterocycles. The normalized spacial score (nSPS) is 17.0. The molecule has 0 saturated heterocycles. The lowest BCUT2D eigenvalue weighted by molar-refractivity contribution is -0.385. The summed E-state index contributed by atoms with van der Waals surface area (Å²) in [4.78, 5) is 22.8. The molecule has 1 saturated carbocycles. The van der Waals surface area contributed by atoms with Crippen LogP contribution in [0.5, 0.6) is 0 Å². The van der Waals surface area contributed by atoms with Gasteiger partial charge < -0.3 is 0 Å². The van der Waals surface area contributed by atoms with E-state index < -0.39 is 10.8 Å². The van der Waals surface area contributed by atoms with E-state index in [1.54, 1.807) is 12.1 Å². The fraction of sp³-hybridized carbons (Fsp3) is 0.579. The molecule has 0 spiro atoms. The van der Waals surface area contributed by atoms with Gasteiger partial charge in [0.2, 0.25) is 0 Å². The van der Waals surface area contributed by atoms with E-state index in [2.05, 4.69) is 10.5 Å². The molecule has 0 heterocycles. The summed E-state index contributed by atoms with van der Waals surface area (Å²) in [5.74, 6) is -0.522. The van der Waals surface area contributed by atoms with Gasteiger partial charge in [-0.2, -0.15) is 5.10 Å². The van der Waals surface area contributed by atoms with Crippen LogP contribution in [0.3, 0.4) is 0 Å². The van der Waals surface area contributed by atoms with Crippen LogP contribution >= 0.6 is 0 Å². The number of nitrogens with one attached hydrogen (secondary N) is 1. The molecule has 6 nitrogen and oxygen atoms in total. The fourth-order valence-electron chi connectivity index (χ4n) is 3.15. The van der Waals surface area contributed by atoms with Crippen molar-refractivity contribution in [1.29, 1.82) is 0 Å². The van der Waals surface area contributed by atoms with Gasteiger partial charge in [-0.15, -0.1) is 0 Å². The smallest absolute Gasteiger partial charge is 0.267 e. The van der Waals surface area contributed by atoms with Crippen molar-refractivity contribution in [1.82, 2.24) is 5.43 Å². The number of nitro benzene ring substituents is 1. The third kappa shape index (κ3) is 6.64. The van der Waals surface area contributed by atoms with Crippen molar-refractivity contribution in [3.63, 3.8) is 0 Å². The molecule has 1 amide bonds. The van der Waals surface area contributed by atoms with Crippen molar-refractivity contribution in [3.8, 4) is 0 Å². The molecule has 1 aromatic rings. The van der Waals surface area contributed by atoms with Crippen molar-refractivity contribution in [2.45, 2.75) is 70.6 Å². The van der Waals surface area contributed by atoms with Crippen LogP contribution in [0.4, 0.5) is 5.69 Å². The van der Waals surface area contributed by atoms with E-state index in [4.69, 9.17) is 0 Å². The van der Waals surface area contributed by atoms with Crippen molar-refractivity contribution in [2.75, 3.05) is 0 Å². The zero-order valence-electron chi connectivity index (χ0n) is 14.7. The summed E-state index contributed by atoms with van der Waals surface area (Å²) in [5, 5.41) is 15.3. The number of carbonyl (C=O) groups is 1. The van der Waals surface area contributed by atoms with Crippen molar-refractivity contribution in [3.05, 3.63) is 39.9 Å². The van der Waals surface area contributed by atoms with E-state index in [-0.39, 0.29) is 11.3 Å². The van der Waals surface area contributed by atoms with Crippen molar-refractivity contribution >= 4 is 17.3 Å². The van der Waals surface area contributed by atoms with Crippen LogP contribution in [0.1, 0.15) is 81.0 Å². The van der Waals surface area contributed by atoms with Gasteiger partial charge in [-0.3, -0.25) is 14.9 Å². The summed E-state index contributed by atoms with van der Waals surface area (Å²) < 4.78 is 0. The van der Waals surface area contributed by atoms with Crippen LogP contribution in [-0.2, 0) is 0 Å². The van der Waals surface area contributed by atoms with Crippen LogP contribution in [0.15, 0.2) is 29.4 Å². The van der Waals surface area contributed by atoms with Gasteiger partial charge in [0.1, 0.15) is 5.56 Å². The number of amides is 1. The Kier molecular flexibility index (Phi) is 8.09. The Hall–Kier alpha value is -2.24. The molecule has 25 heavy (non-hydrogen) atoms. The molecule has 0 unspecified atom stereocenters. The standard InChI is InChI=1S/C19H27N3O3/c23-19(17-14-10-11-15-18(17)22(24)25)21-20-16-12-8-6-4-2-1-3-5-7-9-13-16/h10-11,14-15H,1-9,12-13H2,(H,21,23). The monoisotopic (exact) mass is 345 g/mol. The van der Waals surface area contributed by atoms with Gasteiger partial charge in [-0.05, 0) is 31.7 Å². The van der Waals surface area contributed by atoms with Gasteiger partial charge in [0, 0.05) is 11.8 Å². The molecule has 1 aliphatic rings. The highest BCUT2D eigenvalue weighted by Gasteiger charge is 2.18. The maximum absolute atomic E-state index is 12.3. The molecule has 136 valence electrons. The second kappa shape index (κ2) is 10.6. The number of nitro groups is 1. The number of carbonyl (C=O) groups excluding carboxylic acids is 1. The minimum atomic E-state index is -0.544. The second-order valence-corrected chi connectivity index (χ2v) is 6.58. The van der Waals surface area contributed by atoms with Crippen LogP contribution in [-0.4, -0.2) is 16.5 Å². The first-order valence-corrected chi connectivity index (χ1v) is 9.27. The van der Waals surface area contributed by atoms with Crippen LogP contribution < -0.4 is 5.43 Å². The third-order valence-electron chi connectivity index (χ3n) is 4.59. The number of hydrogen-bond donors (Lipinski definition) is 1. The Labute approximate surface area is 148 Å². The van der Waals surface area contributed by atoms with Crippen molar-refractivity contribution in [2.24, 2.45) is 5.10 Å². The predicted molar refractivity (Wildman–Crippen MR) is 98.8 cm³/mol. The molecule has 2 rings (SSSR count). The number of rotatable bonds is 3. The average Bonchev–Trinajstić information content (AvgIpc) is 2.61. The quantitative estimate of drug-likeness (QED) is 0.619. The van der Waals surface area contributed by atoms with Gasteiger partial charge in [0.25, 0.3) is 11.6 Å². The van der Waals surface area contributed by atoms with Crippen LogP contribution in [0.2, 0.25) is 0 Å². The highest BCUT2D eigenvalue weighted by Crippen LogP contribution is 2.18.